The minimum absolute atomic E-state index is 0.103. The Kier molecular flexibility index (Phi) is 10.2. The number of unbranched alkanes of at least 4 members (excludes halogenated alkanes) is 5. The van der Waals surface area contributed by atoms with Crippen molar-refractivity contribution in [1.29, 1.82) is 0 Å². The molecule has 7 rings (SSSR count). The van der Waals surface area contributed by atoms with E-state index in [2.05, 4.69) is 31.2 Å². The van der Waals surface area contributed by atoms with E-state index in [1.54, 1.807) is 6.07 Å². The predicted octanol–water partition coefficient (Wildman–Crippen LogP) is 10.9. The van der Waals surface area contributed by atoms with Crippen molar-refractivity contribution in [3.05, 3.63) is 126 Å². The van der Waals surface area contributed by atoms with Gasteiger partial charge in [-0.15, -0.1) is 0 Å². The molecular weight excluding hydrogens is 635 g/mol. The third kappa shape index (κ3) is 7.38. The molecule has 256 valence electrons. The van der Waals surface area contributed by atoms with Gasteiger partial charge in [-0.25, -0.2) is 19.7 Å². The number of aromatic nitrogens is 3. The number of phenolic OH excluding ortho intramolecular Hbond substituents is 1. The summed E-state index contributed by atoms with van der Waals surface area (Å²) in [5.41, 5.74) is 7.24. The summed E-state index contributed by atoms with van der Waals surface area (Å²) >= 11 is 0. The van der Waals surface area contributed by atoms with E-state index in [0.29, 0.717) is 29.4 Å². The lowest BCUT2D eigenvalue weighted by molar-refractivity contribution is 0.0496. The molecule has 1 atom stereocenters. The molecule has 6 aromatic rings. The van der Waals surface area contributed by atoms with Gasteiger partial charge in [0.2, 0.25) is 0 Å². The highest BCUT2D eigenvalue weighted by Gasteiger charge is 2.36. The summed E-state index contributed by atoms with van der Waals surface area (Å²) in [5.74, 6) is 0.606. The first kappa shape index (κ1) is 33.7. The Labute approximate surface area is 299 Å². The number of rotatable bonds is 13. The van der Waals surface area contributed by atoms with Crippen LogP contribution in [0.3, 0.4) is 0 Å². The van der Waals surface area contributed by atoms with Gasteiger partial charge in [0, 0.05) is 16.7 Å². The van der Waals surface area contributed by atoms with Gasteiger partial charge in [0.1, 0.15) is 11.7 Å². The number of hydrogen-bond donors (Lipinski definition) is 1. The fourth-order valence-corrected chi connectivity index (χ4v) is 6.48. The van der Waals surface area contributed by atoms with Gasteiger partial charge in [0.15, 0.2) is 29.0 Å². The molecule has 0 spiro atoms. The number of carbonyl (C=O) groups is 1. The summed E-state index contributed by atoms with van der Waals surface area (Å²) in [5, 5.41) is 11.6. The smallest absolute Gasteiger partial charge is 0.342 e. The highest BCUT2D eigenvalue weighted by molar-refractivity contribution is 5.98. The molecule has 7 heteroatoms. The van der Waals surface area contributed by atoms with Crippen LogP contribution in [0.1, 0.15) is 74.4 Å². The summed E-state index contributed by atoms with van der Waals surface area (Å²) in [6.45, 7) is 4.37. The second-order valence-electron chi connectivity index (χ2n) is 12.9. The fraction of sp³-hybridized carbons (Fsp3) is 0.227. The van der Waals surface area contributed by atoms with Gasteiger partial charge in [-0.1, -0.05) is 148 Å². The maximum Gasteiger partial charge on any atom is 0.342 e. The third-order valence-electron chi connectivity index (χ3n) is 9.33. The van der Waals surface area contributed by atoms with Crippen LogP contribution in [0.15, 0.2) is 115 Å². The van der Waals surface area contributed by atoms with Crippen LogP contribution in [0.25, 0.3) is 56.4 Å². The summed E-state index contributed by atoms with van der Waals surface area (Å²) in [6.07, 6.45) is 6.09. The van der Waals surface area contributed by atoms with Gasteiger partial charge in [-0.05, 0) is 41.7 Å². The topological polar surface area (TPSA) is 94.4 Å². The maximum atomic E-state index is 13.3. The average molecular weight is 676 g/mol. The molecule has 1 aromatic heterocycles. The van der Waals surface area contributed by atoms with Gasteiger partial charge in [0.05, 0.1) is 12.2 Å². The second kappa shape index (κ2) is 15.4. The molecule has 0 fully saturated rings. The van der Waals surface area contributed by atoms with E-state index in [1.807, 2.05) is 91.9 Å². The summed E-state index contributed by atoms with van der Waals surface area (Å²) in [6, 6.07) is 38.3. The molecule has 0 saturated heterocycles. The van der Waals surface area contributed by atoms with Crippen LogP contribution in [0.2, 0.25) is 0 Å². The van der Waals surface area contributed by atoms with E-state index in [-0.39, 0.29) is 22.9 Å². The molecule has 2 heterocycles. The number of hydrogen-bond acceptors (Lipinski definition) is 7. The van der Waals surface area contributed by atoms with Crippen LogP contribution in [0.5, 0.6) is 11.5 Å². The summed E-state index contributed by atoms with van der Waals surface area (Å²) in [4.78, 5) is 28.0. The number of benzene rings is 5. The fourth-order valence-electron chi connectivity index (χ4n) is 6.48. The van der Waals surface area contributed by atoms with E-state index in [1.165, 1.54) is 19.3 Å². The highest BCUT2D eigenvalue weighted by atomic mass is 16.5. The van der Waals surface area contributed by atoms with Crippen molar-refractivity contribution in [2.75, 3.05) is 6.61 Å². The van der Waals surface area contributed by atoms with Crippen molar-refractivity contribution in [3.63, 3.8) is 0 Å². The Morgan fingerprint density at radius 2 is 1.12 bits per heavy atom. The van der Waals surface area contributed by atoms with E-state index >= 15 is 0 Å². The van der Waals surface area contributed by atoms with Gasteiger partial charge in [0.25, 0.3) is 0 Å². The van der Waals surface area contributed by atoms with Gasteiger partial charge < -0.3 is 14.6 Å². The zero-order valence-corrected chi connectivity index (χ0v) is 29.0. The molecule has 1 aliphatic heterocycles. The zero-order valence-electron chi connectivity index (χ0n) is 29.0. The van der Waals surface area contributed by atoms with Crippen molar-refractivity contribution in [2.45, 2.75) is 58.5 Å². The van der Waals surface area contributed by atoms with E-state index in [9.17, 15) is 9.90 Å². The quantitative estimate of drug-likeness (QED) is 0.0961. The SMILES string of the molecule is CCCCCCCCOC(=O)c1c2cc(-c3nc(-c4ccc(-c5ccccc5)cc4)nc(-c4ccc(-c5ccccc5)cc4)n3)c(O)c1OC2C. The molecule has 5 aromatic carbocycles. The van der Waals surface area contributed by atoms with Gasteiger partial charge >= 0.3 is 5.97 Å². The monoisotopic (exact) mass is 675 g/mol. The lowest BCUT2D eigenvalue weighted by atomic mass is 10.00. The highest BCUT2D eigenvalue weighted by Crippen LogP contribution is 2.49. The van der Waals surface area contributed by atoms with Crippen molar-refractivity contribution < 1.29 is 19.4 Å². The summed E-state index contributed by atoms with van der Waals surface area (Å²) < 4.78 is 11.7. The number of aromatic hydroxyl groups is 1. The van der Waals surface area contributed by atoms with E-state index in [4.69, 9.17) is 24.4 Å². The van der Waals surface area contributed by atoms with Gasteiger partial charge in [-0.2, -0.15) is 0 Å². The lowest BCUT2D eigenvalue weighted by Gasteiger charge is -2.12. The van der Waals surface area contributed by atoms with Crippen LogP contribution in [0, 0.1) is 0 Å². The average Bonchev–Trinajstić information content (AvgIpc) is 3.45. The number of carbonyl (C=O) groups excluding carboxylic acids is 1. The van der Waals surface area contributed by atoms with Gasteiger partial charge in [-0.3, -0.25) is 0 Å². The van der Waals surface area contributed by atoms with Crippen molar-refractivity contribution in [2.24, 2.45) is 0 Å². The Morgan fingerprint density at radius 3 is 1.67 bits per heavy atom. The number of nitrogens with zero attached hydrogens (tertiary/aromatic N) is 3. The number of esters is 1. The third-order valence-corrected chi connectivity index (χ3v) is 9.33. The zero-order chi connectivity index (χ0) is 35.2. The molecule has 1 N–H and O–H groups in total. The first-order chi connectivity index (χ1) is 25.0. The lowest BCUT2D eigenvalue weighted by Crippen LogP contribution is -2.08. The van der Waals surface area contributed by atoms with Crippen molar-refractivity contribution >= 4 is 5.97 Å². The first-order valence-electron chi connectivity index (χ1n) is 17.8. The number of phenols is 1. The molecule has 0 aliphatic carbocycles. The number of fused-ring (bicyclic) bond motifs is 2. The Bertz CT molecular complexity index is 2010. The normalized spacial score (nSPS) is 13.2. The second-order valence-corrected chi connectivity index (χ2v) is 12.9. The van der Waals surface area contributed by atoms with Crippen molar-refractivity contribution in [3.8, 4) is 67.9 Å². The molecule has 51 heavy (non-hydrogen) atoms. The van der Waals surface area contributed by atoms with Crippen LogP contribution in [-0.2, 0) is 4.74 Å². The molecule has 0 amide bonds. The molecule has 0 saturated carbocycles. The molecular formula is C44H41N3O4. The van der Waals surface area contributed by atoms with E-state index < -0.39 is 12.1 Å². The van der Waals surface area contributed by atoms with E-state index in [0.717, 1.165) is 52.6 Å². The molecule has 2 bridgehead atoms. The minimum Gasteiger partial charge on any atom is -0.504 e. The molecule has 7 nitrogen and oxygen atoms in total. The minimum atomic E-state index is -0.492. The standard InChI is InChI=1S/C44H41N3O4/c1-3-4-5-6-7-14-27-50-44(49)38-36-28-37(39(48)40(38)51-29(36)2)43-46-41(34-23-19-32(20-24-34)30-15-10-8-11-16-30)45-42(47-43)35-25-21-33(22-26-35)31-17-12-9-13-18-31/h8-13,15-26,28-29,48H,3-7,14,27H2,1-2H3. The molecule has 1 aliphatic rings. The van der Waals surface area contributed by atoms with Crippen molar-refractivity contribution in [1.82, 2.24) is 15.0 Å². The Balaban J connectivity index is 1.24. The predicted molar refractivity (Wildman–Crippen MR) is 201 cm³/mol. The van der Waals surface area contributed by atoms with Crippen LogP contribution >= 0.6 is 0 Å². The van der Waals surface area contributed by atoms with Crippen LogP contribution < -0.4 is 4.74 Å². The molecule has 0 radical (unpaired) electrons. The number of ether oxygens (including phenoxy) is 2. The first-order valence-corrected chi connectivity index (χ1v) is 17.8. The maximum absolute atomic E-state index is 13.3. The van der Waals surface area contributed by atoms with Crippen LogP contribution in [0.4, 0.5) is 0 Å². The molecule has 1 unspecified atom stereocenters. The largest absolute Gasteiger partial charge is 0.504 e. The Morgan fingerprint density at radius 1 is 0.647 bits per heavy atom. The summed E-state index contributed by atoms with van der Waals surface area (Å²) in [7, 11) is 0. The van der Waals surface area contributed by atoms with Crippen LogP contribution in [-0.4, -0.2) is 32.6 Å². The Hall–Kier alpha value is -5.82.